The van der Waals surface area contributed by atoms with Crippen molar-refractivity contribution in [1.82, 2.24) is 9.97 Å². The summed E-state index contributed by atoms with van der Waals surface area (Å²) in [6, 6.07) is 4.66. The first kappa shape index (κ1) is 13.7. The zero-order valence-corrected chi connectivity index (χ0v) is 12.2. The van der Waals surface area contributed by atoms with Crippen LogP contribution in [0.4, 0.5) is 11.5 Å². The highest BCUT2D eigenvalue weighted by atomic mass is 16.6. The van der Waals surface area contributed by atoms with Crippen molar-refractivity contribution in [3.05, 3.63) is 34.6 Å². The molecule has 3 rings (SSSR count). The van der Waals surface area contributed by atoms with Crippen LogP contribution in [0.5, 0.6) is 0 Å². The van der Waals surface area contributed by atoms with Gasteiger partial charge >= 0.3 is 0 Å². The molecule has 1 aromatic heterocycles. The van der Waals surface area contributed by atoms with E-state index in [0.29, 0.717) is 28.1 Å². The number of nitrogens with zero attached hydrogens (tertiary/aromatic N) is 3. The van der Waals surface area contributed by atoms with Crippen LogP contribution in [0.15, 0.2) is 24.5 Å². The Morgan fingerprint density at radius 1 is 1.38 bits per heavy atom. The fourth-order valence-electron chi connectivity index (χ4n) is 2.68. The van der Waals surface area contributed by atoms with E-state index in [1.165, 1.54) is 31.3 Å². The van der Waals surface area contributed by atoms with Crippen LogP contribution in [0.2, 0.25) is 0 Å². The van der Waals surface area contributed by atoms with Gasteiger partial charge in [-0.3, -0.25) is 10.1 Å². The van der Waals surface area contributed by atoms with Crippen molar-refractivity contribution >= 4 is 22.4 Å². The first-order chi connectivity index (χ1) is 10.0. The number of hydrogen-bond donors (Lipinski definition) is 1. The molecule has 0 spiro atoms. The number of nitro benzene ring substituents is 1. The van der Waals surface area contributed by atoms with Crippen LogP contribution in [0, 0.1) is 21.4 Å². The Balaban J connectivity index is 1.91. The van der Waals surface area contributed by atoms with Crippen LogP contribution in [-0.2, 0) is 0 Å². The number of fused-ring (bicyclic) bond motifs is 1. The van der Waals surface area contributed by atoms with Crippen LogP contribution in [0.25, 0.3) is 10.9 Å². The van der Waals surface area contributed by atoms with E-state index in [1.807, 2.05) is 0 Å². The Hall–Kier alpha value is -2.24. The minimum absolute atomic E-state index is 0.0605. The molecule has 6 heteroatoms. The molecule has 0 amide bonds. The predicted octanol–water partition coefficient (Wildman–Crippen LogP) is 3.39. The van der Waals surface area contributed by atoms with E-state index in [-0.39, 0.29) is 5.69 Å². The van der Waals surface area contributed by atoms with Crippen LogP contribution in [-0.4, -0.2) is 21.4 Å². The number of benzene rings is 1. The summed E-state index contributed by atoms with van der Waals surface area (Å²) in [5.41, 5.74) is 1.12. The van der Waals surface area contributed by atoms with Crippen molar-refractivity contribution in [3.8, 4) is 0 Å². The van der Waals surface area contributed by atoms with Gasteiger partial charge in [0.15, 0.2) is 0 Å². The molecule has 1 aliphatic rings. The van der Waals surface area contributed by atoms with Crippen molar-refractivity contribution in [2.45, 2.75) is 26.7 Å². The van der Waals surface area contributed by atoms with Crippen molar-refractivity contribution in [1.29, 1.82) is 0 Å². The molecule has 0 bridgehead atoms. The summed E-state index contributed by atoms with van der Waals surface area (Å²) in [5.74, 6) is 1.29. The van der Waals surface area contributed by atoms with E-state index in [1.54, 1.807) is 6.07 Å². The summed E-state index contributed by atoms with van der Waals surface area (Å²) in [6.07, 6.45) is 3.94. The van der Waals surface area contributed by atoms with Gasteiger partial charge in [-0.15, -0.1) is 0 Å². The second-order valence-electron chi connectivity index (χ2n) is 6.05. The Bertz CT molecular complexity index is 695. The van der Waals surface area contributed by atoms with Gasteiger partial charge in [0, 0.05) is 24.1 Å². The van der Waals surface area contributed by atoms with Crippen molar-refractivity contribution < 1.29 is 4.92 Å². The van der Waals surface area contributed by atoms with Crippen molar-refractivity contribution in [3.63, 3.8) is 0 Å². The van der Waals surface area contributed by atoms with Crippen LogP contribution in [0.3, 0.4) is 0 Å². The summed E-state index contributed by atoms with van der Waals surface area (Å²) in [7, 11) is 0. The monoisotopic (exact) mass is 286 g/mol. The predicted molar refractivity (Wildman–Crippen MR) is 81.2 cm³/mol. The maximum atomic E-state index is 10.9. The summed E-state index contributed by atoms with van der Waals surface area (Å²) >= 11 is 0. The van der Waals surface area contributed by atoms with Gasteiger partial charge in [0.05, 0.1) is 10.4 Å². The number of hydrogen-bond acceptors (Lipinski definition) is 5. The molecule has 2 aromatic rings. The van der Waals surface area contributed by atoms with Gasteiger partial charge in [0.2, 0.25) is 0 Å². The van der Waals surface area contributed by atoms with Crippen LogP contribution in [0.1, 0.15) is 26.7 Å². The third-order valence-corrected chi connectivity index (χ3v) is 4.55. The third-order valence-electron chi connectivity index (χ3n) is 4.55. The molecule has 0 saturated heterocycles. The number of non-ortho nitro benzene ring substituents is 1. The van der Waals surface area contributed by atoms with E-state index in [4.69, 9.17) is 0 Å². The normalized spacial score (nSPS) is 16.1. The lowest BCUT2D eigenvalue weighted by atomic mass is 9.92. The topological polar surface area (TPSA) is 81.0 Å². The molecule has 1 N–H and O–H groups in total. The number of rotatable bonds is 5. The maximum Gasteiger partial charge on any atom is 0.270 e. The van der Waals surface area contributed by atoms with Gasteiger partial charge in [0.25, 0.3) is 5.69 Å². The van der Waals surface area contributed by atoms with Crippen LogP contribution >= 0.6 is 0 Å². The highest BCUT2D eigenvalue weighted by Gasteiger charge is 2.45. The van der Waals surface area contributed by atoms with Crippen LogP contribution < -0.4 is 5.32 Å². The average Bonchev–Trinajstić information content (AvgIpc) is 3.25. The van der Waals surface area contributed by atoms with Gasteiger partial charge < -0.3 is 5.32 Å². The Labute approximate surface area is 122 Å². The molecular weight excluding hydrogens is 268 g/mol. The molecule has 1 fully saturated rings. The molecule has 1 aliphatic carbocycles. The lowest BCUT2D eigenvalue weighted by molar-refractivity contribution is -0.384. The largest absolute Gasteiger partial charge is 0.369 e. The highest BCUT2D eigenvalue weighted by molar-refractivity contribution is 5.90. The summed E-state index contributed by atoms with van der Waals surface area (Å²) in [4.78, 5) is 18.9. The van der Waals surface area contributed by atoms with E-state index in [2.05, 4.69) is 29.1 Å². The molecule has 1 heterocycles. The number of nitrogens with one attached hydrogen (secondary N) is 1. The van der Waals surface area contributed by atoms with Gasteiger partial charge in [-0.1, -0.05) is 13.8 Å². The van der Waals surface area contributed by atoms with Gasteiger partial charge in [0.1, 0.15) is 12.1 Å². The summed E-state index contributed by atoms with van der Waals surface area (Å²) in [5, 5.41) is 15.0. The molecule has 6 nitrogen and oxygen atoms in total. The molecular formula is C15H18N4O2. The fourth-order valence-corrected chi connectivity index (χ4v) is 2.68. The van der Waals surface area contributed by atoms with E-state index in [9.17, 15) is 10.1 Å². The lowest BCUT2D eigenvalue weighted by Gasteiger charge is -2.20. The molecule has 0 atom stereocenters. The van der Waals surface area contributed by atoms with E-state index in [0.717, 1.165) is 6.54 Å². The molecule has 1 aromatic carbocycles. The SMILES string of the molecule is CC(C)C1(CNc2ncnc3ccc([N+](=O)[O-])cc23)CC1. The van der Waals surface area contributed by atoms with Crippen molar-refractivity contribution in [2.75, 3.05) is 11.9 Å². The minimum atomic E-state index is -0.396. The fraction of sp³-hybridized carbons (Fsp3) is 0.467. The number of nitro groups is 1. The molecule has 0 unspecified atom stereocenters. The summed E-state index contributed by atoms with van der Waals surface area (Å²) < 4.78 is 0. The molecule has 0 radical (unpaired) electrons. The smallest absolute Gasteiger partial charge is 0.270 e. The zero-order chi connectivity index (χ0) is 15.0. The van der Waals surface area contributed by atoms with Gasteiger partial charge in [-0.05, 0) is 30.2 Å². The zero-order valence-electron chi connectivity index (χ0n) is 12.2. The first-order valence-corrected chi connectivity index (χ1v) is 7.15. The quantitative estimate of drug-likeness (QED) is 0.673. The minimum Gasteiger partial charge on any atom is -0.369 e. The second-order valence-corrected chi connectivity index (χ2v) is 6.05. The Morgan fingerprint density at radius 3 is 2.76 bits per heavy atom. The summed E-state index contributed by atoms with van der Waals surface area (Å²) in [6.45, 7) is 5.31. The Morgan fingerprint density at radius 2 is 2.14 bits per heavy atom. The Kier molecular flexibility index (Phi) is 3.23. The maximum absolute atomic E-state index is 10.9. The molecule has 0 aliphatic heterocycles. The number of anilines is 1. The first-order valence-electron chi connectivity index (χ1n) is 7.15. The standard InChI is InChI=1S/C15H18N4O2/c1-10(2)15(5-6-15)8-16-14-12-7-11(19(20)21)3-4-13(12)17-9-18-14/h3-4,7,9-10H,5-6,8H2,1-2H3,(H,16,17,18). The van der Waals surface area contributed by atoms with Gasteiger partial charge in [-0.25, -0.2) is 9.97 Å². The highest BCUT2D eigenvalue weighted by Crippen LogP contribution is 2.51. The van der Waals surface area contributed by atoms with Gasteiger partial charge in [-0.2, -0.15) is 0 Å². The molecule has 1 saturated carbocycles. The van der Waals surface area contributed by atoms with E-state index < -0.39 is 4.92 Å². The molecule has 21 heavy (non-hydrogen) atoms. The lowest BCUT2D eigenvalue weighted by Crippen LogP contribution is -2.21. The number of aromatic nitrogens is 2. The average molecular weight is 286 g/mol. The molecule has 110 valence electrons. The third kappa shape index (κ3) is 2.53. The van der Waals surface area contributed by atoms with Crippen molar-refractivity contribution in [2.24, 2.45) is 11.3 Å². The van der Waals surface area contributed by atoms with E-state index >= 15 is 0 Å². The second kappa shape index (κ2) is 4.95.